The van der Waals surface area contributed by atoms with Gasteiger partial charge in [0.25, 0.3) is 5.91 Å². The summed E-state index contributed by atoms with van der Waals surface area (Å²) in [5.74, 6) is -2.52. The lowest BCUT2D eigenvalue weighted by molar-refractivity contribution is -0.189. The molecule has 1 unspecified atom stereocenters. The summed E-state index contributed by atoms with van der Waals surface area (Å²) in [4.78, 5) is 45.3. The Labute approximate surface area is 103 Å². The predicted octanol–water partition coefficient (Wildman–Crippen LogP) is -0.246. The van der Waals surface area contributed by atoms with Crippen molar-refractivity contribution in [2.24, 2.45) is 0 Å². The minimum absolute atomic E-state index is 0.0419. The van der Waals surface area contributed by atoms with Crippen LogP contribution in [0.3, 0.4) is 0 Å². The van der Waals surface area contributed by atoms with Gasteiger partial charge in [0.15, 0.2) is 12.8 Å². The number of rotatable bonds is 4. The second kappa shape index (κ2) is 5.44. The second-order valence-corrected chi connectivity index (χ2v) is 3.78. The van der Waals surface area contributed by atoms with Crippen LogP contribution in [0.5, 0.6) is 0 Å². The van der Waals surface area contributed by atoms with E-state index in [-0.39, 0.29) is 12.0 Å². The number of β-lactam (4-membered cyclic amide) rings is 1. The largest absolute Gasteiger partial charge is 0.452 e. The molecule has 0 aliphatic carbocycles. The molecule has 1 atom stereocenters. The van der Waals surface area contributed by atoms with Crippen LogP contribution in [0.1, 0.15) is 20.3 Å². The number of imide groups is 1. The maximum Gasteiger partial charge on any atom is 0.333 e. The summed E-state index contributed by atoms with van der Waals surface area (Å²) in [6.45, 7) is 5.36. The zero-order chi connectivity index (χ0) is 13.9. The first-order valence-corrected chi connectivity index (χ1v) is 5.17. The molecule has 0 radical (unpaired) electrons. The van der Waals surface area contributed by atoms with Crippen molar-refractivity contribution in [1.29, 1.82) is 0 Å². The van der Waals surface area contributed by atoms with E-state index in [1.165, 1.54) is 13.8 Å². The molecule has 0 aromatic heterocycles. The van der Waals surface area contributed by atoms with Crippen LogP contribution in [-0.2, 0) is 28.7 Å². The third-order valence-corrected chi connectivity index (χ3v) is 2.15. The molecule has 18 heavy (non-hydrogen) atoms. The van der Waals surface area contributed by atoms with Crippen LogP contribution in [0.2, 0.25) is 0 Å². The number of carbonyl (C=O) groups excluding carboxylic acids is 4. The maximum atomic E-state index is 11.6. The molecule has 1 heterocycles. The zero-order valence-corrected chi connectivity index (χ0v) is 10.1. The number of amides is 2. The first-order chi connectivity index (χ1) is 8.32. The average Bonchev–Trinajstić information content (AvgIpc) is 2.23. The normalized spacial score (nSPS) is 17.8. The molecule has 1 fully saturated rings. The first kappa shape index (κ1) is 13.9. The van der Waals surface area contributed by atoms with Gasteiger partial charge in [-0.1, -0.05) is 6.58 Å². The van der Waals surface area contributed by atoms with E-state index in [0.717, 1.165) is 4.90 Å². The molecule has 7 nitrogen and oxygen atoms in total. The highest BCUT2D eigenvalue weighted by atomic mass is 16.6. The van der Waals surface area contributed by atoms with Crippen LogP contribution in [-0.4, -0.2) is 41.5 Å². The van der Waals surface area contributed by atoms with E-state index in [2.05, 4.69) is 11.3 Å². The Morgan fingerprint density at radius 1 is 1.39 bits per heavy atom. The van der Waals surface area contributed by atoms with Crippen molar-refractivity contribution in [3.63, 3.8) is 0 Å². The molecule has 0 N–H and O–H groups in total. The van der Waals surface area contributed by atoms with Gasteiger partial charge in [0.2, 0.25) is 5.91 Å². The number of hydrogen-bond acceptors (Lipinski definition) is 6. The van der Waals surface area contributed by atoms with Crippen LogP contribution in [0, 0.1) is 0 Å². The summed E-state index contributed by atoms with van der Waals surface area (Å²) in [5, 5.41) is 0. The summed E-state index contributed by atoms with van der Waals surface area (Å²) in [5.41, 5.74) is 0.147. The molecule has 1 rings (SSSR count). The lowest BCUT2D eigenvalue weighted by Gasteiger charge is -2.36. The fourth-order valence-corrected chi connectivity index (χ4v) is 1.29. The molecule has 7 heteroatoms. The first-order valence-electron chi connectivity index (χ1n) is 5.17. The smallest absolute Gasteiger partial charge is 0.333 e. The van der Waals surface area contributed by atoms with Crippen molar-refractivity contribution >= 4 is 23.8 Å². The van der Waals surface area contributed by atoms with Crippen LogP contribution in [0.4, 0.5) is 0 Å². The van der Waals surface area contributed by atoms with E-state index >= 15 is 0 Å². The van der Waals surface area contributed by atoms with Gasteiger partial charge >= 0.3 is 11.9 Å². The van der Waals surface area contributed by atoms with Gasteiger partial charge in [-0.2, -0.15) is 0 Å². The Bertz CT molecular complexity index is 427. The maximum absolute atomic E-state index is 11.6. The van der Waals surface area contributed by atoms with Crippen LogP contribution >= 0.6 is 0 Å². The zero-order valence-electron chi connectivity index (χ0n) is 10.1. The standard InChI is InChI=1S/C11H13NO6/c1-6(2)11(16)17-5-9(15)12-8(14)4-10(12)18-7(3)13/h10H,1,4-5H2,2-3H3. The van der Waals surface area contributed by atoms with Gasteiger partial charge in [-0.15, -0.1) is 0 Å². The SMILES string of the molecule is C=C(C)C(=O)OCC(=O)N1C(=O)CC1OC(C)=O. The molecule has 0 aromatic carbocycles. The monoisotopic (exact) mass is 255 g/mol. The minimum Gasteiger partial charge on any atom is -0.452 e. The summed E-state index contributed by atoms with van der Waals surface area (Å²) < 4.78 is 9.33. The van der Waals surface area contributed by atoms with Crippen LogP contribution in [0.15, 0.2) is 12.2 Å². The highest BCUT2D eigenvalue weighted by molar-refractivity contribution is 6.01. The lowest BCUT2D eigenvalue weighted by Crippen LogP contribution is -2.58. The molecular formula is C11H13NO6. The molecule has 0 saturated carbocycles. The molecular weight excluding hydrogens is 242 g/mol. The van der Waals surface area contributed by atoms with Crippen molar-refractivity contribution in [2.45, 2.75) is 26.5 Å². The Hall–Kier alpha value is -2.18. The summed E-state index contributed by atoms with van der Waals surface area (Å²) in [6, 6.07) is 0. The van der Waals surface area contributed by atoms with Gasteiger partial charge in [-0.3, -0.25) is 14.4 Å². The topological polar surface area (TPSA) is 90.0 Å². The van der Waals surface area contributed by atoms with E-state index in [4.69, 9.17) is 4.74 Å². The highest BCUT2D eigenvalue weighted by Gasteiger charge is 2.43. The third kappa shape index (κ3) is 3.16. The molecule has 1 saturated heterocycles. The number of carbonyl (C=O) groups is 4. The van der Waals surface area contributed by atoms with Crippen molar-refractivity contribution in [2.75, 3.05) is 6.61 Å². The number of ether oxygens (including phenoxy) is 2. The molecule has 0 aromatic rings. The minimum atomic E-state index is -0.897. The predicted molar refractivity (Wildman–Crippen MR) is 57.8 cm³/mol. The van der Waals surface area contributed by atoms with E-state index < -0.39 is 36.6 Å². The molecule has 0 bridgehead atoms. The van der Waals surface area contributed by atoms with Crippen molar-refractivity contribution in [1.82, 2.24) is 4.90 Å². The highest BCUT2D eigenvalue weighted by Crippen LogP contribution is 2.20. The Morgan fingerprint density at radius 3 is 2.44 bits per heavy atom. The van der Waals surface area contributed by atoms with Gasteiger partial charge in [-0.05, 0) is 6.92 Å². The molecule has 1 aliphatic heterocycles. The third-order valence-electron chi connectivity index (χ3n) is 2.15. The number of hydrogen-bond donors (Lipinski definition) is 0. The second-order valence-electron chi connectivity index (χ2n) is 3.78. The fourth-order valence-electron chi connectivity index (χ4n) is 1.29. The van der Waals surface area contributed by atoms with E-state index in [9.17, 15) is 19.2 Å². The molecule has 1 aliphatic rings. The molecule has 0 spiro atoms. The Kier molecular flexibility index (Phi) is 4.19. The van der Waals surface area contributed by atoms with Crippen molar-refractivity contribution in [3.8, 4) is 0 Å². The quantitative estimate of drug-likeness (QED) is 0.391. The summed E-state index contributed by atoms with van der Waals surface area (Å²) >= 11 is 0. The fraction of sp³-hybridized carbons (Fsp3) is 0.455. The number of esters is 2. The van der Waals surface area contributed by atoms with Crippen molar-refractivity contribution < 1.29 is 28.7 Å². The molecule has 2 amide bonds. The van der Waals surface area contributed by atoms with Gasteiger partial charge in [-0.25, -0.2) is 9.69 Å². The number of nitrogens with zero attached hydrogens (tertiary/aromatic N) is 1. The number of likely N-dealkylation sites (tertiary alicyclic amines) is 1. The van der Waals surface area contributed by atoms with Crippen molar-refractivity contribution in [3.05, 3.63) is 12.2 Å². The van der Waals surface area contributed by atoms with E-state index in [1.807, 2.05) is 0 Å². The average molecular weight is 255 g/mol. The van der Waals surface area contributed by atoms with Crippen LogP contribution < -0.4 is 0 Å². The summed E-state index contributed by atoms with van der Waals surface area (Å²) in [7, 11) is 0. The lowest BCUT2D eigenvalue weighted by atomic mass is 10.1. The molecule has 98 valence electrons. The van der Waals surface area contributed by atoms with E-state index in [1.54, 1.807) is 0 Å². The van der Waals surface area contributed by atoms with Gasteiger partial charge < -0.3 is 9.47 Å². The van der Waals surface area contributed by atoms with Gasteiger partial charge in [0.1, 0.15) is 0 Å². The van der Waals surface area contributed by atoms with Crippen LogP contribution in [0.25, 0.3) is 0 Å². The van der Waals surface area contributed by atoms with Gasteiger partial charge in [0, 0.05) is 12.5 Å². The Morgan fingerprint density at radius 2 is 2.00 bits per heavy atom. The Balaban J connectivity index is 2.50. The van der Waals surface area contributed by atoms with E-state index in [0.29, 0.717) is 0 Å². The summed E-state index contributed by atoms with van der Waals surface area (Å²) in [6.07, 6.45) is -0.939. The van der Waals surface area contributed by atoms with Gasteiger partial charge in [0.05, 0.1) is 6.42 Å².